The van der Waals surface area contributed by atoms with Crippen molar-refractivity contribution in [3.63, 3.8) is 0 Å². The molecule has 0 radical (unpaired) electrons. The number of nitrogens with one attached hydrogen (secondary N) is 1. The first kappa shape index (κ1) is 14.1. The highest BCUT2D eigenvalue weighted by Crippen LogP contribution is 2.44. The fraction of sp³-hybridized carbons (Fsp3) is 0.222. The maximum absolute atomic E-state index is 5.55. The molecule has 0 fully saturated rings. The van der Waals surface area contributed by atoms with Gasteiger partial charge in [-0.2, -0.15) is 0 Å². The summed E-state index contributed by atoms with van der Waals surface area (Å²) in [6.45, 7) is 13.0. The predicted octanol–water partition coefficient (Wildman–Crippen LogP) is 5.36. The highest BCUT2D eigenvalue weighted by Gasteiger charge is 2.24. The quantitative estimate of drug-likeness (QED) is 0.759. The Hall–Kier alpha value is -1.87. The van der Waals surface area contributed by atoms with E-state index in [0.29, 0.717) is 12.4 Å². The van der Waals surface area contributed by atoms with Crippen molar-refractivity contribution in [1.29, 1.82) is 0 Å². The van der Waals surface area contributed by atoms with Gasteiger partial charge in [-0.15, -0.1) is 0 Å². The van der Waals surface area contributed by atoms with Crippen LogP contribution in [-0.4, -0.2) is 6.61 Å². The van der Waals surface area contributed by atoms with E-state index in [1.165, 1.54) is 20.9 Å². The summed E-state index contributed by atoms with van der Waals surface area (Å²) in [7, 11) is 0. The molecule has 0 saturated carbocycles. The summed E-state index contributed by atoms with van der Waals surface area (Å²) in [6, 6.07) is 4.31. The maximum Gasteiger partial charge on any atom is 0.121 e. The van der Waals surface area contributed by atoms with E-state index in [9.17, 15) is 0 Å². The van der Waals surface area contributed by atoms with Crippen molar-refractivity contribution in [1.82, 2.24) is 0 Å². The van der Waals surface area contributed by atoms with Gasteiger partial charge in [0, 0.05) is 29.3 Å². The highest BCUT2D eigenvalue weighted by atomic mass is 32.2. The van der Waals surface area contributed by atoms with E-state index >= 15 is 0 Å². The van der Waals surface area contributed by atoms with E-state index in [4.69, 9.17) is 4.74 Å². The summed E-state index contributed by atoms with van der Waals surface area (Å²) < 4.78 is 5.55. The number of allylic oxidation sites excluding steroid dienone is 3. The minimum atomic E-state index is 0. The van der Waals surface area contributed by atoms with Crippen LogP contribution in [0.2, 0.25) is 0 Å². The number of ether oxygens (including phenoxy) is 1. The van der Waals surface area contributed by atoms with Gasteiger partial charge in [-0.25, -0.2) is 0 Å². The second-order valence-corrected chi connectivity index (χ2v) is 6.41. The third-order valence-corrected chi connectivity index (χ3v) is 4.84. The topological polar surface area (TPSA) is 21.3 Å². The zero-order chi connectivity index (χ0) is 15.0. The lowest BCUT2D eigenvalue weighted by atomic mass is 9.89. The summed E-state index contributed by atoms with van der Waals surface area (Å²) in [4.78, 5) is 2.67. The number of thioether (sulfide) groups is 1. The van der Waals surface area contributed by atoms with Crippen molar-refractivity contribution in [2.24, 2.45) is 0 Å². The molecule has 2 heterocycles. The van der Waals surface area contributed by atoms with Crippen LogP contribution in [0.3, 0.4) is 0 Å². The summed E-state index contributed by atoms with van der Waals surface area (Å²) in [5, 5.41) is 3.35. The minimum absolute atomic E-state index is 0. The second kappa shape index (κ2) is 5.49. The molecule has 0 atom stereocenters. The molecule has 1 aromatic carbocycles. The Morgan fingerprint density at radius 1 is 1.48 bits per heavy atom. The maximum atomic E-state index is 5.55. The molecule has 3 heteroatoms. The van der Waals surface area contributed by atoms with Crippen LogP contribution in [0.5, 0.6) is 0 Å². The molecule has 1 N–H and O–H groups in total. The van der Waals surface area contributed by atoms with Crippen molar-refractivity contribution in [2.75, 3.05) is 11.9 Å². The zero-order valence-corrected chi connectivity index (χ0v) is 13.3. The molecule has 110 valence electrons. The molecule has 2 aliphatic rings. The third kappa shape index (κ3) is 2.42. The standard InChI is InChI=1S/C18H19NOS.H2/c1-5-20-13(4)15-10-19-16-8-9-17-14(18(16)12(15)3)7-6-11(2)21-17;/h6,8-10,19H,3-5,7H2,1-2H3;1H. The lowest BCUT2D eigenvalue weighted by molar-refractivity contribution is 0.241. The number of rotatable bonds is 3. The Labute approximate surface area is 131 Å². The first-order valence-corrected chi connectivity index (χ1v) is 7.92. The summed E-state index contributed by atoms with van der Waals surface area (Å²) in [6.07, 6.45) is 5.16. The van der Waals surface area contributed by atoms with E-state index < -0.39 is 0 Å². The molecule has 2 nitrogen and oxygen atoms in total. The Bertz CT molecular complexity index is 703. The summed E-state index contributed by atoms with van der Waals surface area (Å²) in [5.74, 6) is 0.674. The van der Waals surface area contributed by atoms with Crippen LogP contribution >= 0.6 is 11.8 Å². The van der Waals surface area contributed by atoms with Gasteiger partial charge < -0.3 is 10.1 Å². The Morgan fingerprint density at radius 3 is 3.05 bits per heavy atom. The SMILES string of the molecule is C=C(OCC)C1=CNc2ccc3c(c2C1=C)CC=C(C)S3.[HH]. The lowest BCUT2D eigenvalue weighted by Gasteiger charge is -2.27. The average molecular weight is 299 g/mol. The lowest BCUT2D eigenvalue weighted by Crippen LogP contribution is -2.11. The van der Waals surface area contributed by atoms with Crippen molar-refractivity contribution >= 4 is 23.0 Å². The molecular formula is C18H21NOS. The van der Waals surface area contributed by atoms with E-state index in [0.717, 1.165) is 23.3 Å². The number of benzene rings is 1. The van der Waals surface area contributed by atoms with Gasteiger partial charge in [0.1, 0.15) is 5.76 Å². The van der Waals surface area contributed by atoms with E-state index in [-0.39, 0.29) is 1.43 Å². The van der Waals surface area contributed by atoms with Crippen molar-refractivity contribution < 1.29 is 6.16 Å². The van der Waals surface area contributed by atoms with Crippen molar-refractivity contribution in [2.45, 2.75) is 25.2 Å². The van der Waals surface area contributed by atoms with Crippen LogP contribution in [-0.2, 0) is 11.2 Å². The summed E-state index contributed by atoms with van der Waals surface area (Å²) in [5.41, 5.74) is 5.60. The van der Waals surface area contributed by atoms with Crippen LogP contribution in [0.4, 0.5) is 5.69 Å². The number of hydrogen-bond acceptors (Lipinski definition) is 3. The highest BCUT2D eigenvalue weighted by molar-refractivity contribution is 8.03. The molecule has 0 unspecified atom stereocenters. The fourth-order valence-corrected chi connectivity index (χ4v) is 3.68. The molecule has 0 saturated heterocycles. The predicted molar refractivity (Wildman–Crippen MR) is 93.4 cm³/mol. The molecule has 21 heavy (non-hydrogen) atoms. The van der Waals surface area contributed by atoms with Crippen LogP contribution in [0.25, 0.3) is 5.57 Å². The Kier molecular flexibility index (Phi) is 3.68. The molecule has 0 spiro atoms. The van der Waals surface area contributed by atoms with Gasteiger partial charge in [0.05, 0.1) is 6.61 Å². The Morgan fingerprint density at radius 2 is 2.29 bits per heavy atom. The fourth-order valence-electron chi connectivity index (χ4n) is 2.73. The molecule has 0 aliphatic carbocycles. The molecule has 2 aliphatic heterocycles. The zero-order valence-electron chi connectivity index (χ0n) is 12.5. The molecule has 3 rings (SSSR count). The van der Waals surface area contributed by atoms with Gasteiger partial charge in [-0.3, -0.25) is 0 Å². The van der Waals surface area contributed by atoms with Gasteiger partial charge in [0.15, 0.2) is 0 Å². The molecule has 0 amide bonds. The van der Waals surface area contributed by atoms with Gasteiger partial charge >= 0.3 is 0 Å². The molecule has 0 bridgehead atoms. The first-order valence-electron chi connectivity index (χ1n) is 7.10. The second-order valence-electron chi connectivity index (χ2n) is 5.12. The van der Waals surface area contributed by atoms with E-state index in [2.05, 4.69) is 43.6 Å². The number of hydrogen-bond donors (Lipinski definition) is 1. The number of anilines is 1. The molecule has 1 aromatic rings. The van der Waals surface area contributed by atoms with Crippen molar-refractivity contribution in [3.8, 4) is 0 Å². The van der Waals surface area contributed by atoms with Gasteiger partial charge in [-0.05, 0) is 48.4 Å². The van der Waals surface area contributed by atoms with Gasteiger partial charge in [-0.1, -0.05) is 31.0 Å². The normalized spacial score (nSPS) is 16.2. The van der Waals surface area contributed by atoms with Crippen LogP contribution in [0, 0.1) is 0 Å². The Balaban J connectivity index is 0.00000176. The van der Waals surface area contributed by atoms with Crippen molar-refractivity contribution in [3.05, 3.63) is 64.9 Å². The molecule has 0 aromatic heterocycles. The van der Waals surface area contributed by atoms with E-state index in [1.54, 1.807) is 0 Å². The first-order chi connectivity index (χ1) is 10.1. The monoisotopic (exact) mass is 299 g/mol. The smallest absolute Gasteiger partial charge is 0.121 e. The average Bonchev–Trinajstić information content (AvgIpc) is 2.47. The minimum Gasteiger partial charge on any atom is -0.494 e. The van der Waals surface area contributed by atoms with Crippen LogP contribution in [0.1, 0.15) is 26.4 Å². The third-order valence-electron chi connectivity index (χ3n) is 3.75. The summed E-state index contributed by atoms with van der Waals surface area (Å²) >= 11 is 1.83. The van der Waals surface area contributed by atoms with Gasteiger partial charge in [0.2, 0.25) is 0 Å². The number of fused-ring (bicyclic) bond motifs is 3. The van der Waals surface area contributed by atoms with Crippen LogP contribution < -0.4 is 5.32 Å². The van der Waals surface area contributed by atoms with Gasteiger partial charge in [0.25, 0.3) is 0 Å². The molecular weight excluding hydrogens is 278 g/mol. The largest absolute Gasteiger partial charge is 0.494 e. The van der Waals surface area contributed by atoms with E-state index in [1.807, 2.05) is 24.9 Å². The van der Waals surface area contributed by atoms with Crippen LogP contribution in [0.15, 0.2) is 58.7 Å².